The van der Waals surface area contributed by atoms with Crippen LogP contribution in [0.1, 0.15) is 23.6 Å². The lowest BCUT2D eigenvalue weighted by molar-refractivity contribution is -0.120. The van der Waals surface area contributed by atoms with Crippen molar-refractivity contribution in [1.82, 2.24) is 0 Å². The molecule has 0 aliphatic carbocycles. The fraction of sp³-hybridized carbons (Fsp3) is 0.154. The van der Waals surface area contributed by atoms with Crippen molar-refractivity contribution in [2.24, 2.45) is 0 Å². The van der Waals surface area contributed by atoms with Crippen LogP contribution >= 0.6 is 11.6 Å². The Morgan fingerprint density at radius 2 is 1.66 bits per heavy atom. The van der Waals surface area contributed by atoms with Crippen molar-refractivity contribution in [2.75, 3.05) is 16.8 Å². The van der Waals surface area contributed by atoms with Crippen molar-refractivity contribution in [1.29, 1.82) is 0 Å². The maximum Gasteiger partial charge on any atom is 0.282 e. The monoisotopic (exact) mass is 446 g/mol. The number of halogens is 1. The second-order valence-electron chi connectivity index (χ2n) is 7.55. The molecule has 1 N–H and O–H groups in total. The molecular formula is C26H23ClN2O3. The lowest BCUT2D eigenvalue weighted by Crippen LogP contribution is -2.32. The van der Waals surface area contributed by atoms with E-state index in [2.05, 4.69) is 5.32 Å². The third kappa shape index (κ3) is 3.99. The molecule has 162 valence electrons. The minimum absolute atomic E-state index is 0.197. The summed E-state index contributed by atoms with van der Waals surface area (Å²) in [7, 11) is 0. The summed E-state index contributed by atoms with van der Waals surface area (Å²) in [4.78, 5) is 28.2. The Morgan fingerprint density at radius 3 is 2.34 bits per heavy atom. The van der Waals surface area contributed by atoms with Crippen molar-refractivity contribution < 1.29 is 14.3 Å². The molecule has 32 heavy (non-hydrogen) atoms. The molecule has 1 heterocycles. The predicted octanol–water partition coefficient (Wildman–Crippen LogP) is 5.75. The maximum absolute atomic E-state index is 13.5. The molecule has 2 amide bonds. The lowest BCUT2D eigenvalue weighted by Gasteiger charge is -2.17. The summed E-state index contributed by atoms with van der Waals surface area (Å²) in [5.41, 5.74) is 4.12. The molecule has 0 atom stereocenters. The van der Waals surface area contributed by atoms with E-state index in [0.717, 1.165) is 16.0 Å². The summed E-state index contributed by atoms with van der Waals surface area (Å²) in [6.45, 7) is 6.20. The number of amides is 2. The molecule has 0 saturated heterocycles. The molecule has 0 radical (unpaired) electrons. The number of hydrogen-bond donors (Lipinski definition) is 1. The van der Waals surface area contributed by atoms with Gasteiger partial charge in [-0.1, -0.05) is 59.6 Å². The van der Waals surface area contributed by atoms with E-state index < -0.39 is 11.8 Å². The highest BCUT2D eigenvalue weighted by Crippen LogP contribution is 2.36. The molecule has 3 aromatic rings. The smallest absolute Gasteiger partial charge is 0.282 e. The van der Waals surface area contributed by atoms with Crippen LogP contribution in [0.25, 0.3) is 5.57 Å². The minimum atomic E-state index is -0.447. The maximum atomic E-state index is 13.5. The van der Waals surface area contributed by atoms with E-state index in [1.54, 1.807) is 18.2 Å². The van der Waals surface area contributed by atoms with Gasteiger partial charge in [0.15, 0.2) is 0 Å². The topological polar surface area (TPSA) is 58.6 Å². The molecular weight excluding hydrogens is 424 g/mol. The van der Waals surface area contributed by atoms with E-state index >= 15 is 0 Å². The fourth-order valence-corrected chi connectivity index (χ4v) is 3.75. The van der Waals surface area contributed by atoms with Crippen LogP contribution in [0.2, 0.25) is 5.02 Å². The Morgan fingerprint density at radius 1 is 0.938 bits per heavy atom. The van der Waals surface area contributed by atoms with Crippen LogP contribution in [0.3, 0.4) is 0 Å². The first-order valence-electron chi connectivity index (χ1n) is 10.4. The van der Waals surface area contributed by atoms with Crippen LogP contribution < -0.4 is 15.0 Å². The molecule has 4 rings (SSSR count). The first-order valence-corrected chi connectivity index (χ1v) is 10.7. The molecule has 3 aromatic carbocycles. The average Bonchev–Trinajstić information content (AvgIpc) is 3.02. The lowest BCUT2D eigenvalue weighted by atomic mass is 10.0. The Balaban J connectivity index is 1.83. The van der Waals surface area contributed by atoms with Gasteiger partial charge >= 0.3 is 0 Å². The molecule has 1 aliphatic heterocycles. The Hall–Kier alpha value is -3.57. The number of hydrogen-bond acceptors (Lipinski definition) is 4. The van der Waals surface area contributed by atoms with Crippen molar-refractivity contribution in [3.05, 3.63) is 94.1 Å². The molecule has 0 spiro atoms. The number of nitrogens with one attached hydrogen (secondary N) is 1. The number of anilines is 2. The van der Waals surface area contributed by atoms with Crippen LogP contribution in [0, 0.1) is 13.8 Å². The minimum Gasteiger partial charge on any atom is -0.492 e. The summed E-state index contributed by atoms with van der Waals surface area (Å²) < 4.78 is 5.69. The first-order chi connectivity index (χ1) is 15.4. The first kappa shape index (κ1) is 21.7. The van der Waals surface area contributed by atoms with Crippen LogP contribution in [-0.2, 0) is 9.59 Å². The van der Waals surface area contributed by atoms with Gasteiger partial charge in [-0.25, -0.2) is 4.90 Å². The molecule has 0 fully saturated rings. The van der Waals surface area contributed by atoms with Gasteiger partial charge in [0, 0.05) is 5.02 Å². The summed E-state index contributed by atoms with van der Waals surface area (Å²) in [5, 5.41) is 3.66. The molecule has 0 saturated carbocycles. The number of nitrogens with zero attached hydrogens (tertiary/aromatic N) is 1. The Kier molecular flexibility index (Phi) is 6.01. The summed E-state index contributed by atoms with van der Waals surface area (Å²) in [5.74, 6) is -0.255. The van der Waals surface area contributed by atoms with Crippen molar-refractivity contribution >= 4 is 40.4 Å². The van der Waals surface area contributed by atoms with Gasteiger partial charge in [-0.05, 0) is 56.2 Å². The van der Waals surface area contributed by atoms with Gasteiger partial charge in [-0.2, -0.15) is 0 Å². The zero-order valence-corrected chi connectivity index (χ0v) is 18.9. The molecule has 0 aromatic heterocycles. The summed E-state index contributed by atoms with van der Waals surface area (Å²) in [6.07, 6.45) is 0. The SMILES string of the molecule is CCOc1ccccc1NC1=C(c2ccc(C)cc2)C(=O)N(c2ccc(C)c(Cl)c2)C1=O. The average molecular weight is 447 g/mol. The molecule has 6 heteroatoms. The zero-order chi connectivity index (χ0) is 22.8. The number of rotatable bonds is 6. The number of benzene rings is 3. The van der Waals surface area contributed by atoms with E-state index in [9.17, 15) is 9.59 Å². The number of aryl methyl sites for hydroxylation is 2. The van der Waals surface area contributed by atoms with E-state index in [4.69, 9.17) is 16.3 Å². The van der Waals surface area contributed by atoms with Gasteiger partial charge in [-0.3, -0.25) is 9.59 Å². The highest BCUT2D eigenvalue weighted by molar-refractivity contribution is 6.46. The third-order valence-electron chi connectivity index (χ3n) is 5.28. The van der Waals surface area contributed by atoms with Crippen LogP contribution in [0.5, 0.6) is 5.75 Å². The van der Waals surface area contributed by atoms with E-state index in [0.29, 0.717) is 39.9 Å². The molecule has 5 nitrogen and oxygen atoms in total. The van der Waals surface area contributed by atoms with Crippen LogP contribution in [-0.4, -0.2) is 18.4 Å². The predicted molar refractivity (Wildman–Crippen MR) is 128 cm³/mol. The second-order valence-corrected chi connectivity index (χ2v) is 7.96. The molecule has 1 aliphatic rings. The largest absolute Gasteiger partial charge is 0.492 e. The fourth-order valence-electron chi connectivity index (χ4n) is 3.58. The number of carbonyl (C=O) groups excluding carboxylic acids is 2. The van der Waals surface area contributed by atoms with E-state index in [1.807, 2.05) is 69.3 Å². The highest BCUT2D eigenvalue weighted by atomic mass is 35.5. The normalized spacial score (nSPS) is 13.7. The van der Waals surface area contributed by atoms with E-state index in [1.165, 1.54) is 0 Å². The Labute approximate surface area is 192 Å². The summed E-state index contributed by atoms with van der Waals surface area (Å²) in [6, 6.07) is 20.0. The van der Waals surface area contributed by atoms with Crippen LogP contribution in [0.4, 0.5) is 11.4 Å². The summed E-state index contributed by atoms with van der Waals surface area (Å²) >= 11 is 6.29. The standard InChI is InChI=1S/C26H23ClN2O3/c1-4-32-22-8-6-5-7-21(22)28-24-23(18-12-9-16(2)10-13-18)25(30)29(26(24)31)19-14-11-17(3)20(27)15-19/h5-15,28H,4H2,1-3H3. The number of para-hydroxylation sites is 2. The van der Waals surface area contributed by atoms with Gasteiger partial charge in [-0.15, -0.1) is 0 Å². The van der Waals surface area contributed by atoms with Crippen LogP contribution in [0.15, 0.2) is 72.4 Å². The van der Waals surface area contributed by atoms with Gasteiger partial charge in [0.2, 0.25) is 0 Å². The van der Waals surface area contributed by atoms with Crippen molar-refractivity contribution in [2.45, 2.75) is 20.8 Å². The number of imide groups is 1. The Bertz CT molecular complexity index is 1230. The van der Waals surface area contributed by atoms with Gasteiger partial charge in [0.25, 0.3) is 11.8 Å². The molecule has 0 bridgehead atoms. The van der Waals surface area contributed by atoms with Crippen molar-refractivity contribution in [3.63, 3.8) is 0 Å². The van der Waals surface area contributed by atoms with Gasteiger partial charge in [0.05, 0.1) is 23.6 Å². The molecule has 0 unspecified atom stereocenters. The van der Waals surface area contributed by atoms with Crippen molar-refractivity contribution in [3.8, 4) is 5.75 Å². The van der Waals surface area contributed by atoms with Gasteiger partial charge < -0.3 is 10.1 Å². The number of ether oxygens (including phenoxy) is 1. The van der Waals surface area contributed by atoms with Gasteiger partial charge in [0.1, 0.15) is 11.4 Å². The quantitative estimate of drug-likeness (QED) is 0.489. The third-order valence-corrected chi connectivity index (χ3v) is 5.69. The van der Waals surface area contributed by atoms with E-state index in [-0.39, 0.29) is 5.70 Å². The number of carbonyl (C=O) groups is 2. The second kappa shape index (κ2) is 8.89. The zero-order valence-electron chi connectivity index (χ0n) is 18.1. The highest BCUT2D eigenvalue weighted by Gasteiger charge is 2.40.